The fourth-order valence-corrected chi connectivity index (χ4v) is 2.23. The number of hydrogen-bond donors (Lipinski definition) is 1. The first kappa shape index (κ1) is 15.9. The molecule has 1 aromatic heterocycles. The molecule has 0 radical (unpaired) electrons. The third kappa shape index (κ3) is 4.52. The van der Waals surface area contributed by atoms with Crippen LogP contribution >= 0.6 is 11.6 Å². The van der Waals surface area contributed by atoms with E-state index in [1.807, 2.05) is 24.3 Å². The van der Waals surface area contributed by atoms with Crippen LogP contribution in [0.5, 0.6) is 0 Å². The van der Waals surface area contributed by atoms with E-state index in [9.17, 15) is 0 Å². The Balaban J connectivity index is 1.98. The molecule has 1 atom stereocenters. The number of nitrogens with zero attached hydrogens (tertiary/aromatic N) is 3. The summed E-state index contributed by atoms with van der Waals surface area (Å²) in [7, 11) is 0. The highest BCUT2D eigenvalue weighted by atomic mass is 35.5. The summed E-state index contributed by atoms with van der Waals surface area (Å²) in [5.41, 5.74) is 7.21. The molecule has 0 aliphatic carbocycles. The molecule has 2 rings (SSSR count). The van der Waals surface area contributed by atoms with Crippen LogP contribution in [0.1, 0.15) is 37.2 Å². The second-order valence-corrected chi connectivity index (χ2v) is 5.38. The lowest BCUT2D eigenvalue weighted by atomic mass is 10.1. The summed E-state index contributed by atoms with van der Waals surface area (Å²) < 4.78 is 5.28. The molecule has 0 spiro atoms. The molecular formula is C15H21ClN4O. The van der Waals surface area contributed by atoms with Crippen LogP contribution in [-0.2, 0) is 6.42 Å². The first-order chi connectivity index (χ1) is 10.1. The molecule has 0 fully saturated rings. The van der Waals surface area contributed by atoms with Gasteiger partial charge in [0.25, 0.3) is 0 Å². The lowest BCUT2D eigenvalue weighted by molar-refractivity contribution is 0.277. The van der Waals surface area contributed by atoms with Crippen molar-refractivity contribution >= 4 is 11.6 Å². The molecule has 2 aromatic rings. The minimum Gasteiger partial charge on any atom is -0.339 e. The maximum absolute atomic E-state index is 6.13. The van der Waals surface area contributed by atoms with E-state index in [4.69, 9.17) is 21.9 Å². The van der Waals surface area contributed by atoms with Crippen molar-refractivity contribution in [1.29, 1.82) is 0 Å². The summed E-state index contributed by atoms with van der Waals surface area (Å²) in [6.07, 6.45) is 0.585. The highest BCUT2D eigenvalue weighted by Gasteiger charge is 2.16. The molecule has 0 aliphatic heterocycles. The highest BCUT2D eigenvalue weighted by Crippen LogP contribution is 2.14. The summed E-state index contributed by atoms with van der Waals surface area (Å²) in [6.45, 7) is 6.86. The Morgan fingerprint density at radius 2 is 1.90 bits per heavy atom. The van der Waals surface area contributed by atoms with Gasteiger partial charge < -0.3 is 15.2 Å². The number of likely N-dealkylation sites (N-methyl/N-ethyl adjacent to an activating group) is 1. The molecule has 0 aliphatic rings. The number of benzene rings is 1. The van der Waals surface area contributed by atoms with E-state index in [1.165, 1.54) is 0 Å². The van der Waals surface area contributed by atoms with Crippen LogP contribution in [0.25, 0.3) is 0 Å². The topological polar surface area (TPSA) is 68.2 Å². The summed E-state index contributed by atoms with van der Waals surface area (Å²) in [5, 5.41) is 4.70. The van der Waals surface area contributed by atoms with Gasteiger partial charge in [0.15, 0.2) is 5.82 Å². The van der Waals surface area contributed by atoms with Crippen LogP contribution in [0.15, 0.2) is 28.8 Å². The van der Waals surface area contributed by atoms with Gasteiger partial charge in [-0.2, -0.15) is 4.98 Å². The van der Waals surface area contributed by atoms with Gasteiger partial charge in [-0.05, 0) is 30.8 Å². The van der Waals surface area contributed by atoms with Crippen LogP contribution < -0.4 is 5.73 Å². The predicted octanol–water partition coefficient (Wildman–Crippen LogP) is 2.66. The van der Waals surface area contributed by atoms with Gasteiger partial charge in [-0.15, -0.1) is 0 Å². The molecule has 21 heavy (non-hydrogen) atoms. The zero-order chi connectivity index (χ0) is 15.2. The van der Waals surface area contributed by atoms with Crippen LogP contribution in [0.4, 0.5) is 0 Å². The normalized spacial score (nSPS) is 12.8. The fraction of sp³-hybridized carbons (Fsp3) is 0.467. The zero-order valence-electron chi connectivity index (χ0n) is 12.4. The molecule has 114 valence electrons. The van der Waals surface area contributed by atoms with E-state index in [0.717, 1.165) is 25.2 Å². The van der Waals surface area contributed by atoms with Crippen molar-refractivity contribution in [3.63, 3.8) is 0 Å². The quantitative estimate of drug-likeness (QED) is 0.851. The number of halogens is 1. The molecule has 0 saturated carbocycles. The molecular weight excluding hydrogens is 288 g/mol. The second kappa shape index (κ2) is 7.54. The molecule has 5 nitrogen and oxygen atoms in total. The number of hydrogen-bond acceptors (Lipinski definition) is 5. The fourth-order valence-electron chi connectivity index (χ4n) is 2.11. The van der Waals surface area contributed by atoms with E-state index < -0.39 is 0 Å². The average molecular weight is 309 g/mol. The van der Waals surface area contributed by atoms with Crippen molar-refractivity contribution < 1.29 is 4.52 Å². The highest BCUT2D eigenvalue weighted by molar-refractivity contribution is 6.30. The van der Waals surface area contributed by atoms with Gasteiger partial charge in [-0.1, -0.05) is 42.7 Å². The number of nitrogens with two attached hydrogens (primary N) is 1. The Kier molecular flexibility index (Phi) is 5.73. The minimum absolute atomic E-state index is 0.229. The van der Waals surface area contributed by atoms with Crippen LogP contribution in [0.3, 0.4) is 0 Å². The van der Waals surface area contributed by atoms with Crippen molar-refractivity contribution in [2.45, 2.75) is 26.3 Å². The standard InChI is InChI=1S/C15H21ClN4O/c1-3-20(4-2)10-13(17)15-18-14(21-19-15)9-11-5-7-12(16)8-6-11/h5-8,13H,3-4,9-10,17H2,1-2H3. The van der Waals surface area contributed by atoms with Crippen molar-refractivity contribution in [2.75, 3.05) is 19.6 Å². The summed E-state index contributed by atoms with van der Waals surface area (Å²) in [6, 6.07) is 7.36. The molecule has 1 unspecified atom stereocenters. The van der Waals surface area contributed by atoms with Crippen molar-refractivity contribution in [2.24, 2.45) is 5.73 Å². The molecule has 0 bridgehead atoms. The zero-order valence-corrected chi connectivity index (χ0v) is 13.2. The average Bonchev–Trinajstić information content (AvgIpc) is 2.95. The van der Waals surface area contributed by atoms with E-state index in [0.29, 0.717) is 23.2 Å². The second-order valence-electron chi connectivity index (χ2n) is 4.94. The molecule has 0 saturated heterocycles. The SMILES string of the molecule is CCN(CC)CC(N)c1noc(Cc2ccc(Cl)cc2)n1. The molecule has 0 amide bonds. The predicted molar refractivity (Wildman–Crippen MR) is 83.3 cm³/mol. The van der Waals surface area contributed by atoms with E-state index in [-0.39, 0.29) is 6.04 Å². The molecule has 2 N–H and O–H groups in total. The van der Waals surface area contributed by atoms with Gasteiger partial charge >= 0.3 is 0 Å². The van der Waals surface area contributed by atoms with Crippen LogP contribution in [0.2, 0.25) is 5.02 Å². The molecule has 1 heterocycles. The lowest BCUT2D eigenvalue weighted by Gasteiger charge is -2.20. The summed E-state index contributed by atoms with van der Waals surface area (Å²) in [5.74, 6) is 1.13. The van der Waals surface area contributed by atoms with Gasteiger partial charge in [0, 0.05) is 11.6 Å². The van der Waals surface area contributed by atoms with E-state index >= 15 is 0 Å². The van der Waals surface area contributed by atoms with Crippen molar-refractivity contribution in [3.8, 4) is 0 Å². The monoisotopic (exact) mass is 308 g/mol. The van der Waals surface area contributed by atoms with Crippen LogP contribution in [-0.4, -0.2) is 34.7 Å². The minimum atomic E-state index is -0.229. The van der Waals surface area contributed by atoms with Gasteiger partial charge in [0.05, 0.1) is 12.5 Å². The largest absolute Gasteiger partial charge is 0.339 e. The van der Waals surface area contributed by atoms with Gasteiger partial charge in [0.2, 0.25) is 5.89 Å². The first-order valence-electron chi connectivity index (χ1n) is 7.17. The van der Waals surface area contributed by atoms with E-state index in [1.54, 1.807) is 0 Å². The number of rotatable bonds is 7. The Bertz CT molecular complexity index is 551. The van der Waals surface area contributed by atoms with Gasteiger partial charge in [-0.25, -0.2) is 0 Å². The van der Waals surface area contributed by atoms with Crippen molar-refractivity contribution in [1.82, 2.24) is 15.0 Å². The Hall–Kier alpha value is -1.43. The van der Waals surface area contributed by atoms with Crippen molar-refractivity contribution in [3.05, 3.63) is 46.6 Å². The van der Waals surface area contributed by atoms with Gasteiger partial charge in [0.1, 0.15) is 0 Å². The van der Waals surface area contributed by atoms with Crippen LogP contribution in [0, 0.1) is 0 Å². The van der Waals surface area contributed by atoms with E-state index in [2.05, 4.69) is 28.9 Å². The first-order valence-corrected chi connectivity index (χ1v) is 7.55. The smallest absolute Gasteiger partial charge is 0.231 e. The lowest BCUT2D eigenvalue weighted by Crippen LogP contribution is -2.32. The summed E-state index contributed by atoms with van der Waals surface area (Å²) >= 11 is 5.86. The molecule has 1 aromatic carbocycles. The maximum Gasteiger partial charge on any atom is 0.231 e. The molecule has 6 heteroatoms. The summed E-state index contributed by atoms with van der Waals surface area (Å²) in [4.78, 5) is 6.62. The number of aromatic nitrogens is 2. The van der Waals surface area contributed by atoms with Gasteiger partial charge in [-0.3, -0.25) is 0 Å². The Labute approximate surface area is 130 Å². The Morgan fingerprint density at radius 3 is 2.52 bits per heavy atom. The third-order valence-electron chi connectivity index (χ3n) is 3.43. The maximum atomic E-state index is 6.13. The third-order valence-corrected chi connectivity index (χ3v) is 3.69. The Morgan fingerprint density at radius 1 is 1.24 bits per heavy atom.